The number of benzene rings is 1. The van der Waals surface area contributed by atoms with Crippen LogP contribution in [0, 0.1) is 0 Å². The normalized spacial score (nSPS) is 17.5. The minimum Gasteiger partial charge on any atom is -0.323 e. The molecule has 0 radical (unpaired) electrons. The van der Waals surface area contributed by atoms with E-state index in [9.17, 15) is 9.59 Å². The molecule has 0 bridgehead atoms. The molecular weight excluding hydrogens is 454 g/mol. The Balaban J connectivity index is 1.40. The van der Waals surface area contributed by atoms with Crippen LogP contribution in [0.3, 0.4) is 0 Å². The molecule has 33 heavy (non-hydrogen) atoms. The van der Waals surface area contributed by atoms with E-state index in [2.05, 4.69) is 37.6 Å². The van der Waals surface area contributed by atoms with Crippen LogP contribution in [-0.4, -0.2) is 38.4 Å². The molecule has 1 aliphatic heterocycles. The van der Waals surface area contributed by atoms with E-state index >= 15 is 0 Å². The third kappa shape index (κ3) is 4.70. The number of hydrogen-bond acceptors (Lipinski definition) is 6. The molecule has 0 spiro atoms. The highest BCUT2D eigenvalue weighted by Crippen LogP contribution is 2.36. The topological polar surface area (TPSA) is 80.1 Å². The number of carbonyl (C=O) groups is 2. The number of nitrogens with zero attached hydrogens (tertiary/aromatic N) is 4. The van der Waals surface area contributed by atoms with Gasteiger partial charge in [0.2, 0.25) is 11.8 Å². The van der Waals surface area contributed by atoms with Crippen molar-refractivity contribution in [3.8, 4) is 0 Å². The van der Waals surface area contributed by atoms with Crippen molar-refractivity contribution in [3.05, 3.63) is 52.5 Å². The average Bonchev–Trinajstić information content (AvgIpc) is 3.49. The van der Waals surface area contributed by atoms with E-state index in [1.807, 2.05) is 31.2 Å². The molecule has 5 rings (SSSR count). The number of hydrogen-bond donors (Lipinski definition) is 1. The van der Waals surface area contributed by atoms with Gasteiger partial charge in [-0.25, -0.2) is 0 Å². The fraction of sp³-hybridized carbons (Fsp3) is 0.417. The zero-order valence-electron chi connectivity index (χ0n) is 18.6. The summed E-state index contributed by atoms with van der Waals surface area (Å²) in [7, 11) is 0. The first-order valence-electron chi connectivity index (χ1n) is 11.4. The van der Waals surface area contributed by atoms with Gasteiger partial charge in [0.05, 0.1) is 16.6 Å². The lowest BCUT2D eigenvalue weighted by molar-refractivity contribution is -0.121. The van der Waals surface area contributed by atoms with E-state index in [1.165, 1.54) is 35.9 Å². The van der Waals surface area contributed by atoms with Crippen LogP contribution in [0.5, 0.6) is 0 Å². The van der Waals surface area contributed by atoms with Gasteiger partial charge in [0.15, 0.2) is 5.16 Å². The Hall–Kier alpha value is -2.65. The molecule has 9 heteroatoms. The molecule has 7 nitrogen and oxygen atoms in total. The van der Waals surface area contributed by atoms with Gasteiger partial charge in [-0.05, 0) is 43.3 Å². The van der Waals surface area contributed by atoms with Crippen molar-refractivity contribution in [1.29, 1.82) is 0 Å². The van der Waals surface area contributed by atoms with Crippen LogP contribution in [0.2, 0.25) is 0 Å². The van der Waals surface area contributed by atoms with Crippen molar-refractivity contribution < 1.29 is 9.59 Å². The maximum Gasteiger partial charge on any atom is 0.244 e. The third-order valence-corrected chi connectivity index (χ3v) is 8.17. The summed E-state index contributed by atoms with van der Waals surface area (Å²) in [6.07, 6.45) is 6.67. The van der Waals surface area contributed by atoms with Crippen LogP contribution >= 0.6 is 23.1 Å². The van der Waals surface area contributed by atoms with E-state index < -0.39 is 5.25 Å². The molecule has 1 aliphatic carbocycles. The first kappa shape index (κ1) is 22.2. The van der Waals surface area contributed by atoms with Gasteiger partial charge < -0.3 is 9.88 Å². The van der Waals surface area contributed by atoms with Crippen molar-refractivity contribution in [2.24, 2.45) is 0 Å². The number of thiophene rings is 1. The van der Waals surface area contributed by atoms with Crippen molar-refractivity contribution >= 4 is 46.3 Å². The van der Waals surface area contributed by atoms with Crippen LogP contribution in [0.1, 0.15) is 55.8 Å². The quantitative estimate of drug-likeness (QED) is 0.507. The Labute approximate surface area is 201 Å². The highest BCUT2D eigenvalue weighted by molar-refractivity contribution is 8.00. The summed E-state index contributed by atoms with van der Waals surface area (Å²) in [5.41, 5.74) is 1.41. The minimum atomic E-state index is -0.398. The van der Waals surface area contributed by atoms with Gasteiger partial charge in [-0.1, -0.05) is 49.2 Å². The molecule has 3 heterocycles. The van der Waals surface area contributed by atoms with Crippen LogP contribution < -0.4 is 10.2 Å². The Morgan fingerprint density at radius 1 is 1.18 bits per heavy atom. The summed E-state index contributed by atoms with van der Waals surface area (Å²) in [5, 5.41) is 14.4. The van der Waals surface area contributed by atoms with E-state index in [0.717, 1.165) is 35.9 Å². The highest BCUT2D eigenvalue weighted by Gasteiger charge is 2.32. The van der Waals surface area contributed by atoms with Crippen LogP contribution in [0.25, 0.3) is 0 Å². The zero-order chi connectivity index (χ0) is 22.8. The fourth-order valence-corrected chi connectivity index (χ4v) is 6.34. The number of nitrogens with one attached hydrogen (secondary N) is 1. The third-order valence-electron chi connectivity index (χ3n) is 6.25. The molecule has 1 saturated carbocycles. The number of rotatable bonds is 6. The van der Waals surface area contributed by atoms with Gasteiger partial charge in [0.1, 0.15) is 12.4 Å². The second-order valence-electron chi connectivity index (χ2n) is 8.57. The number of aromatic nitrogens is 3. The summed E-state index contributed by atoms with van der Waals surface area (Å²) in [5.74, 6) is 0.692. The van der Waals surface area contributed by atoms with Crippen molar-refractivity contribution in [2.75, 3.05) is 16.8 Å². The number of anilines is 2. The Kier molecular flexibility index (Phi) is 6.50. The minimum absolute atomic E-state index is 0.0275. The Morgan fingerprint density at radius 2 is 2.00 bits per heavy atom. The van der Waals surface area contributed by atoms with Gasteiger partial charge in [-0.3, -0.25) is 14.5 Å². The molecule has 1 fully saturated rings. The Bertz CT molecular complexity index is 1140. The van der Waals surface area contributed by atoms with Crippen molar-refractivity contribution in [1.82, 2.24) is 14.8 Å². The molecule has 2 aliphatic rings. The lowest BCUT2D eigenvalue weighted by atomic mass is 9.95. The molecule has 1 N–H and O–H groups in total. The summed E-state index contributed by atoms with van der Waals surface area (Å²) in [6.45, 7) is 1.92. The molecule has 3 aromatic rings. The Morgan fingerprint density at radius 3 is 2.79 bits per heavy atom. The highest BCUT2D eigenvalue weighted by atomic mass is 32.2. The van der Waals surface area contributed by atoms with E-state index in [-0.39, 0.29) is 18.4 Å². The number of fused-ring (bicyclic) bond motifs is 1. The van der Waals surface area contributed by atoms with Gasteiger partial charge in [0, 0.05) is 17.3 Å². The number of thioether (sulfide) groups is 1. The lowest BCUT2D eigenvalue weighted by Crippen LogP contribution is -2.45. The molecule has 2 aromatic heterocycles. The van der Waals surface area contributed by atoms with E-state index in [4.69, 9.17) is 0 Å². The number of carbonyl (C=O) groups excluding carboxylic acids is 2. The predicted molar refractivity (Wildman–Crippen MR) is 132 cm³/mol. The standard InChI is InChI=1S/C24H27N5O2S2/c1-16(23(31)28-15-22(30)25-19-11-5-6-12-20(19)28)33-24-27-26-21(14-18-10-7-13-32-18)29(24)17-8-3-2-4-9-17/h5-7,10-13,16-17H,2-4,8-9,14-15H2,1H3,(H,25,30). The van der Waals surface area contributed by atoms with Crippen LogP contribution in [0.15, 0.2) is 46.9 Å². The summed E-state index contributed by atoms with van der Waals surface area (Å²) in [6, 6.07) is 12.0. The fourth-order valence-electron chi connectivity index (χ4n) is 4.64. The predicted octanol–water partition coefficient (Wildman–Crippen LogP) is 4.90. The maximum absolute atomic E-state index is 13.4. The zero-order valence-corrected chi connectivity index (χ0v) is 20.2. The first-order valence-corrected chi connectivity index (χ1v) is 13.2. The van der Waals surface area contributed by atoms with Crippen molar-refractivity contribution in [3.63, 3.8) is 0 Å². The van der Waals surface area contributed by atoms with Crippen molar-refractivity contribution in [2.45, 2.75) is 61.9 Å². The first-order chi connectivity index (χ1) is 16.1. The summed E-state index contributed by atoms with van der Waals surface area (Å²) < 4.78 is 2.28. The second-order valence-corrected chi connectivity index (χ2v) is 10.9. The average molecular weight is 482 g/mol. The smallest absolute Gasteiger partial charge is 0.244 e. The molecule has 1 unspecified atom stereocenters. The molecule has 172 valence electrons. The molecule has 2 amide bonds. The molecule has 0 saturated heterocycles. The van der Waals surface area contributed by atoms with Crippen LogP contribution in [0.4, 0.5) is 11.4 Å². The largest absolute Gasteiger partial charge is 0.323 e. The van der Waals surface area contributed by atoms with Gasteiger partial charge >= 0.3 is 0 Å². The number of para-hydroxylation sites is 2. The molecule has 1 aromatic carbocycles. The summed E-state index contributed by atoms with van der Waals surface area (Å²) >= 11 is 3.17. The summed E-state index contributed by atoms with van der Waals surface area (Å²) in [4.78, 5) is 28.5. The SMILES string of the molecule is CC(Sc1nnc(Cc2cccs2)n1C1CCCCC1)C(=O)N1CC(=O)Nc2ccccc21. The number of amides is 2. The molecule has 1 atom stereocenters. The van der Waals surface area contributed by atoms with Gasteiger partial charge in [0.25, 0.3) is 0 Å². The second kappa shape index (κ2) is 9.69. The van der Waals surface area contributed by atoms with E-state index in [1.54, 1.807) is 16.2 Å². The van der Waals surface area contributed by atoms with Crippen LogP contribution in [-0.2, 0) is 16.0 Å². The monoisotopic (exact) mass is 481 g/mol. The van der Waals surface area contributed by atoms with Gasteiger partial charge in [-0.2, -0.15) is 0 Å². The lowest BCUT2D eigenvalue weighted by Gasteiger charge is -2.31. The maximum atomic E-state index is 13.4. The van der Waals surface area contributed by atoms with E-state index in [0.29, 0.717) is 11.7 Å². The van der Waals surface area contributed by atoms with Gasteiger partial charge in [-0.15, -0.1) is 21.5 Å². The molecular formula is C24H27N5O2S2.